The number of aryl methyl sites for hydroxylation is 4. The fourth-order valence-electron chi connectivity index (χ4n) is 4.36. The predicted molar refractivity (Wildman–Crippen MR) is 133 cm³/mol. The Morgan fingerprint density at radius 2 is 1.88 bits per heavy atom. The fourth-order valence-corrected chi connectivity index (χ4v) is 6.57. The van der Waals surface area contributed by atoms with Gasteiger partial charge in [-0.2, -0.15) is 0 Å². The first-order valence-electron chi connectivity index (χ1n) is 11.1. The van der Waals surface area contributed by atoms with Gasteiger partial charge >= 0.3 is 5.63 Å². The second kappa shape index (κ2) is 8.61. The number of likely N-dealkylation sites (tertiary alicyclic amines) is 1. The van der Waals surface area contributed by atoms with Crippen LogP contribution in [0.25, 0.3) is 21.2 Å². The first-order chi connectivity index (χ1) is 15.4. The van der Waals surface area contributed by atoms with E-state index in [4.69, 9.17) is 14.4 Å². The van der Waals surface area contributed by atoms with E-state index in [0.717, 1.165) is 62.8 Å². The minimum absolute atomic E-state index is 0.299. The Morgan fingerprint density at radius 1 is 1.09 bits per heavy atom. The molecule has 0 saturated carbocycles. The Morgan fingerprint density at radius 3 is 2.66 bits per heavy atom. The second-order valence-electron chi connectivity index (χ2n) is 8.66. The van der Waals surface area contributed by atoms with Gasteiger partial charge in [0.15, 0.2) is 0 Å². The van der Waals surface area contributed by atoms with Crippen LogP contribution in [-0.2, 0) is 12.3 Å². The molecule has 4 aromatic rings. The number of thiophene rings is 1. The zero-order chi connectivity index (χ0) is 22.4. The summed E-state index contributed by atoms with van der Waals surface area (Å²) < 4.78 is 5.56. The quantitative estimate of drug-likeness (QED) is 0.207. The van der Waals surface area contributed by atoms with Gasteiger partial charge < -0.3 is 4.42 Å². The largest absolute Gasteiger partial charge is 0.422 e. The third-order valence-corrected chi connectivity index (χ3v) is 8.61. The smallest absolute Gasteiger partial charge is 0.336 e. The molecule has 0 bridgehead atoms. The van der Waals surface area contributed by atoms with E-state index in [1.54, 1.807) is 29.2 Å². The van der Waals surface area contributed by atoms with Crippen molar-refractivity contribution in [2.45, 2.75) is 57.9 Å². The molecule has 0 atom stereocenters. The number of fused-ring (bicyclic) bond motifs is 2. The van der Waals surface area contributed by atoms with E-state index < -0.39 is 0 Å². The minimum atomic E-state index is -0.299. The normalized spacial score (nSPS) is 14.8. The van der Waals surface area contributed by atoms with Crippen molar-refractivity contribution in [3.05, 3.63) is 61.6 Å². The predicted octanol–water partition coefficient (Wildman–Crippen LogP) is 5.92. The van der Waals surface area contributed by atoms with Gasteiger partial charge in [0.25, 0.3) is 0 Å². The highest BCUT2D eigenvalue weighted by atomic mass is 32.2. The van der Waals surface area contributed by atoms with Crippen molar-refractivity contribution in [2.24, 2.45) is 0 Å². The molecule has 1 saturated heterocycles. The van der Waals surface area contributed by atoms with E-state index in [2.05, 4.69) is 30.9 Å². The lowest BCUT2D eigenvalue weighted by atomic mass is 10.0. The molecule has 3 aromatic heterocycles. The van der Waals surface area contributed by atoms with E-state index >= 15 is 0 Å². The summed E-state index contributed by atoms with van der Waals surface area (Å²) in [6, 6.07) is 5.78. The fraction of sp³-hybridized carbons (Fsp3) is 0.400. The maximum atomic E-state index is 12.3. The van der Waals surface area contributed by atoms with Crippen molar-refractivity contribution in [3.8, 4) is 0 Å². The standard InChI is InChI=1S/C25H27N3O2S2/c1-14-7-8-19-18(11-21(29)30-23(19)15(14)2)13-31-24-22-16(3)17(4)32-25(22)27-20(26-24)12-28-9-5-6-10-28/h7-8,11H,5-6,9-10,12-13H2,1-4H3. The summed E-state index contributed by atoms with van der Waals surface area (Å²) in [5.41, 5.74) is 4.78. The van der Waals surface area contributed by atoms with Crippen LogP contribution in [-0.4, -0.2) is 28.0 Å². The molecule has 1 aromatic carbocycles. The molecule has 0 spiro atoms. The molecule has 1 aliphatic heterocycles. The van der Waals surface area contributed by atoms with Crippen LogP contribution in [0, 0.1) is 27.7 Å². The zero-order valence-electron chi connectivity index (χ0n) is 18.9. The van der Waals surface area contributed by atoms with Gasteiger partial charge in [0.2, 0.25) is 0 Å². The van der Waals surface area contributed by atoms with Crippen LogP contribution in [0.1, 0.15) is 45.8 Å². The van der Waals surface area contributed by atoms with Crippen LogP contribution in [0.2, 0.25) is 0 Å². The first kappa shape index (κ1) is 21.6. The summed E-state index contributed by atoms with van der Waals surface area (Å²) in [6.45, 7) is 11.4. The van der Waals surface area contributed by atoms with Crippen molar-refractivity contribution in [1.29, 1.82) is 0 Å². The van der Waals surface area contributed by atoms with Gasteiger partial charge in [0.1, 0.15) is 21.3 Å². The maximum absolute atomic E-state index is 12.3. The number of hydrogen-bond donors (Lipinski definition) is 0. The van der Waals surface area contributed by atoms with Gasteiger partial charge in [-0.15, -0.1) is 23.1 Å². The van der Waals surface area contributed by atoms with E-state index in [1.807, 2.05) is 13.8 Å². The lowest BCUT2D eigenvalue weighted by Gasteiger charge is -2.14. The Kier molecular flexibility index (Phi) is 5.82. The summed E-state index contributed by atoms with van der Waals surface area (Å²) >= 11 is 3.44. The van der Waals surface area contributed by atoms with Crippen molar-refractivity contribution >= 4 is 44.3 Å². The number of rotatable bonds is 5. The Hall–Kier alpha value is -2.22. The summed E-state index contributed by atoms with van der Waals surface area (Å²) in [5.74, 6) is 1.56. The second-order valence-corrected chi connectivity index (χ2v) is 10.8. The SMILES string of the molecule is Cc1ccc2c(CSc3nc(CN4CCCC4)nc4sc(C)c(C)c34)cc(=O)oc2c1C. The third kappa shape index (κ3) is 3.98. The topological polar surface area (TPSA) is 59.2 Å². The molecule has 0 unspecified atom stereocenters. The molecule has 5 nitrogen and oxygen atoms in total. The Balaban J connectivity index is 1.54. The average Bonchev–Trinajstić information content (AvgIpc) is 3.37. The highest BCUT2D eigenvalue weighted by Crippen LogP contribution is 2.37. The van der Waals surface area contributed by atoms with Crippen molar-refractivity contribution in [3.63, 3.8) is 0 Å². The maximum Gasteiger partial charge on any atom is 0.336 e. The molecule has 1 aliphatic rings. The van der Waals surface area contributed by atoms with Gasteiger partial charge in [-0.1, -0.05) is 12.1 Å². The monoisotopic (exact) mass is 465 g/mol. The van der Waals surface area contributed by atoms with Crippen molar-refractivity contribution < 1.29 is 4.42 Å². The Labute approximate surface area is 195 Å². The van der Waals surface area contributed by atoms with Crippen LogP contribution >= 0.6 is 23.1 Å². The number of benzene rings is 1. The number of aromatic nitrogens is 2. The van der Waals surface area contributed by atoms with Crippen LogP contribution in [0.15, 0.2) is 32.4 Å². The van der Waals surface area contributed by atoms with E-state index in [1.165, 1.54) is 23.3 Å². The lowest BCUT2D eigenvalue weighted by Crippen LogP contribution is -2.20. The lowest BCUT2D eigenvalue weighted by molar-refractivity contribution is 0.322. The molecule has 32 heavy (non-hydrogen) atoms. The van der Waals surface area contributed by atoms with E-state index in [9.17, 15) is 4.79 Å². The van der Waals surface area contributed by atoms with Crippen LogP contribution in [0.4, 0.5) is 0 Å². The van der Waals surface area contributed by atoms with Crippen molar-refractivity contribution in [1.82, 2.24) is 14.9 Å². The zero-order valence-corrected chi connectivity index (χ0v) is 20.6. The molecular weight excluding hydrogens is 438 g/mol. The number of thioether (sulfide) groups is 1. The molecule has 4 heterocycles. The van der Waals surface area contributed by atoms with Gasteiger partial charge in [0, 0.05) is 27.5 Å². The summed E-state index contributed by atoms with van der Waals surface area (Å²) in [5, 5.41) is 3.17. The van der Waals surface area contributed by atoms with E-state index in [0.29, 0.717) is 11.3 Å². The van der Waals surface area contributed by atoms with Crippen LogP contribution in [0.5, 0.6) is 0 Å². The molecule has 1 fully saturated rings. The highest BCUT2D eigenvalue weighted by molar-refractivity contribution is 7.98. The van der Waals surface area contributed by atoms with Gasteiger partial charge in [-0.05, 0) is 75.9 Å². The molecule has 0 N–H and O–H groups in total. The van der Waals surface area contributed by atoms with E-state index in [-0.39, 0.29) is 5.63 Å². The number of nitrogens with zero attached hydrogens (tertiary/aromatic N) is 3. The molecular formula is C25H27N3O2S2. The molecule has 166 valence electrons. The van der Waals surface area contributed by atoms with Crippen LogP contribution < -0.4 is 5.63 Å². The minimum Gasteiger partial charge on any atom is -0.422 e. The number of hydrogen-bond acceptors (Lipinski definition) is 7. The Bertz CT molecular complexity index is 1380. The first-order valence-corrected chi connectivity index (χ1v) is 12.9. The van der Waals surface area contributed by atoms with Gasteiger partial charge in [-0.25, -0.2) is 14.8 Å². The van der Waals surface area contributed by atoms with Crippen molar-refractivity contribution in [2.75, 3.05) is 13.1 Å². The molecule has 5 rings (SSSR count). The summed E-state index contributed by atoms with van der Waals surface area (Å²) in [4.78, 5) is 27.0. The highest BCUT2D eigenvalue weighted by Gasteiger charge is 2.19. The molecule has 0 amide bonds. The average molecular weight is 466 g/mol. The summed E-state index contributed by atoms with van der Waals surface area (Å²) in [7, 11) is 0. The third-order valence-electron chi connectivity index (χ3n) is 6.49. The molecule has 0 aliphatic carbocycles. The van der Waals surface area contributed by atoms with Gasteiger partial charge in [0.05, 0.1) is 6.54 Å². The van der Waals surface area contributed by atoms with Gasteiger partial charge in [-0.3, -0.25) is 4.90 Å². The summed E-state index contributed by atoms with van der Waals surface area (Å²) in [6.07, 6.45) is 2.51. The molecule has 0 radical (unpaired) electrons. The molecule has 7 heteroatoms. The van der Waals surface area contributed by atoms with Crippen LogP contribution in [0.3, 0.4) is 0 Å².